The van der Waals surface area contributed by atoms with Gasteiger partial charge >= 0.3 is 0 Å². The van der Waals surface area contributed by atoms with Gasteiger partial charge in [-0.2, -0.15) is 5.10 Å². The van der Waals surface area contributed by atoms with Crippen molar-refractivity contribution in [3.05, 3.63) is 41.7 Å². The summed E-state index contributed by atoms with van der Waals surface area (Å²) >= 11 is 6.09. The third-order valence-corrected chi connectivity index (χ3v) is 5.05. The van der Waals surface area contributed by atoms with Gasteiger partial charge in [-0.1, -0.05) is 11.6 Å². The first-order valence-electron chi connectivity index (χ1n) is 8.34. The zero-order valence-corrected chi connectivity index (χ0v) is 14.5. The van der Waals surface area contributed by atoms with Crippen LogP contribution in [0.25, 0.3) is 11.0 Å². The summed E-state index contributed by atoms with van der Waals surface area (Å²) in [5, 5.41) is 4.96. The van der Waals surface area contributed by atoms with Crippen LogP contribution >= 0.6 is 11.6 Å². The van der Waals surface area contributed by atoms with Crippen LogP contribution in [0.3, 0.4) is 0 Å². The molecule has 1 aliphatic rings. The lowest BCUT2D eigenvalue weighted by Crippen LogP contribution is -2.37. The number of hydrogen-bond donors (Lipinski definition) is 0. The van der Waals surface area contributed by atoms with Gasteiger partial charge in [0.15, 0.2) is 0 Å². The number of hydrogen-bond acceptors (Lipinski definition) is 4. The SMILES string of the molecule is Cn1c(CN2CCCC(Cn3cncn3)C2)nc2cc(Cl)ccc21. The van der Waals surface area contributed by atoms with Crippen molar-refractivity contribution in [1.82, 2.24) is 29.2 Å². The van der Waals surface area contributed by atoms with Gasteiger partial charge in [0.25, 0.3) is 0 Å². The number of halogens is 1. The molecule has 0 aliphatic carbocycles. The van der Waals surface area contributed by atoms with E-state index in [1.54, 1.807) is 12.7 Å². The summed E-state index contributed by atoms with van der Waals surface area (Å²) in [6.07, 6.45) is 5.86. The summed E-state index contributed by atoms with van der Waals surface area (Å²) in [4.78, 5) is 11.3. The molecule has 0 saturated carbocycles. The van der Waals surface area contributed by atoms with Crippen molar-refractivity contribution in [3.63, 3.8) is 0 Å². The standard InChI is InChI=1S/C17H21ClN6/c1-22-16-5-4-14(18)7-15(16)21-17(22)10-23-6-2-3-13(8-23)9-24-12-19-11-20-24/h4-5,7,11-13H,2-3,6,8-10H2,1H3. The van der Waals surface area contributed by atoms with Crippen molar-refractivity contribution < 1.29 is 0 Å². The third kappa shape index (κ3) is 3.16. The van der Waals surface area contributed by atoms with Crippen molar-refractivity contribution in [2.75, 3.05) is 13.1 Å². The minimum atomic E-state index is 0.615. The van der Waals surface area contributed by atoms with Crippen molar-refractivity contribution in [2.24, 2.45) is 13.0 Å². The Morgan fingerprint density at radius 2 is 2.25 bits per heavy atom. The first-order valence-corrected chi connectivity index (χ1v) is 8.72. The second-order valence-electron chi connectivity index (χ2n) is 6.58. The lowest BCUT2D eigenvalue weighted by Gasteiger charge is -2.32. The van der Waals surface area contributed by atoms with Crippen LogP contribution in [-0.4, -0.2) is 42.3 Å². The molecule has 2 aromatic heterocycles. The molecule has 1 aromatic carbocycles. The average molecular weight is 345 g/mol. The van der Waals surface area contributed by atoms with E-state index >= 15 is 0 Å². The molecule has 0 amide bonds. The Bertz CT molecular complexity index is 825. The molecule has 7 heteroatoms. The molecule has 1 fully saturated rings. The van der Waals surface area contributed by atoms with Crippen LogP contribution in [0, 0.1) is 5.92 Å². The van der Waals surface area contributed by atoms with Crippen LogP contribution in [0.2, 0.25) is 5.02 Å². The smallest absolute Gasteiger partial charge is 0.137 e. The van der Waals surface area contributed by atoms with Crippen LogP contribution in [0.1, 0.15) is 18.7 Å². The Labute approximate surface area is 146 Å². The second-order valence-corrected chi connectivity index (χ2v) is 7.02. The topological polar surface area (TPSA) is 51.8 Å². The number of likely N-dealkylation sites (tertiary alicyclic amines) is 1. The number of aromatic nitrogens is 5. The number of benzene rings is 1. The maximum absolute atomic E-state index is 6.09. The number of fused-ring (bicyclic) bond motifs is 1. The van der Waals surface area contributed by atoms with Crippen LogP contribution in [-0.2, 0) is 20.1 Å². The Hall–Kier alpha value is -1.92. The highest BCUT2D eigenvalue weighted by atomic mass is 35.5. The van der Waals surface area contributed by atoms with Crippen molar-refractivity contribution in [2.45, 2.75) is 25.9 Å². The van der Waals surface area contributed by atoms with E-state index in [0.717, 1.165) is 48.1 Å². The molecule has 1 unspecified atom stereocenters. The van der Waals surface area contributed by atoms with E-state index in [9.17, 15) is 0 Å². The monoisotopic (exact) mass is 344 g/mol. The second kappa shape index (κ2) is 6.53. The highest BCUT2D eigenvalue weighted by molar-refractivity contribution is 6.31. The van der Waals surface area contributed by atoms with Gasteiger partial charge in [-0.15, -0.1) is 0 Å². The van der Waals surface area contributed by atoms with Gasteiger partial charge in [-0.3, -0.25) is 9.58 Å². The number of piperidine rings is 1. The fourth-order valence-corrected chi connectivity index (χ4v) is 3.77. The van der Waals surface area contributed by atoms with Gasteiger partial charge in [0.2, 0.25) is 0 Å². The first-order chi connectivity index (χ1) is 11.7. The number of rotatable bonds is 4. The van der Waals surface area contributed by atoms with Crippen LogP contribution < -0.4 is 0 Å². The summed E-state index contributed by atoms with van der Waals surface area (Å²) in [7, 11) is 2.08. The lowest BCUT2D eigenvalue weighted by atomic mass is 9.98. The Kier molecular flexibility index (Phi) is 4.24. The highest BCUT2D eigenvalue weighted by Crippen LogP contribution is 2.23. The molecule has 0 bridgehead atoms. The molecule has 4 rings (SSSR count). The van der Waals surface area contributed by atoms with E-state index in [-0.39, 0.29) is 0 Å². The molecule has 1 atom stereocenters. The van der Waals surface area contributed by atoms with Gasteiger partial charge in [0.1, 0.15) is 18.5 Å². The fraction of sp³-hybridized carbons (Fsp3) is 0.471. The van der Waals surface area contributed by atoms with E-state index in [2.05, 4.69) is 26.6 Å². The molecule has 3 heterocycles. The minimum absolute atomic E-state index is 0.615. The summed E-state index contributed by atoms with van der Waals surface area (Å²) in [5.41, 5.74) is 2.10. The van der Waals surface area contributed by atoms with E-state index in [1.807, 2.05) is 22.9 Å². The summed E-state index contributed by atoms with van der Waals surface area (Å²) in [5.74, 6) is 1.71. The predicted octanol–water partition coefficient (Wildman–Crippen LogP) is 2.73. The Morgan fingerprint density at radius 3 is 3.08 bits per heavy atom. The summed E-state index contributed by atoms with van der Waals surface area (Å²) in [6, 6.07) is 5.90. The Morgan fingerprint density at radius 1 is 1.33 bits per heavy atom. The molecule has 126 valence electrons. The maximum atomic E-state index is 6.09. The zero-order chi connectivity index (χ0) is 16.5. The largest absolute Gasteiger partial charge is 0.330 e. The van der Waals surface area contributed by atoms with E-state index in [4.69, 9.17) is 16.6 Å². The molecule has 0 radical (unpaired) electrons. The molecule has 24 heavy (non-hydrogen) atoms. The van der Waals surface area contributed by atoms with Gasteiger partial charge in [0, 0.05) is 25.2 Å². The van der Waals surface area contributed by atoms with Crippen molar-refractivity contribution in [1.29, 1.82) is 0 Å². The van der Waals surface area contributed by atoms with E-state index in [1.165, 1.54) is 12.8 Å². The Balaban J connectivity index is 1.47. The molecular weight excluding hydrogens is 324 g/mol. The number of aryl methyl sites for hydroxylation is 1. The lowest BCUT2D eigenvalue weighted by molar-refractivity contribution is 0.149. The minimum Gasteiger partial charge on any atom is -0.330 e. The van der Waals surface area contributed by atoms with Crippen molar-refractivity contribution >= 4 is 22.6 Å². The molecular formula is C17H21ClN6. The quantitative estimate of drug-likeness (QED) is 0.730. The van der Waals surface area contributed by atoms with Crippen LogP contribution in [0.15, 0.2) is 30.9 Å². The third-order valence-electron chi connectivity index (χ3n) is 4.82. The molecule has 6 nitrogen and oxygen atoms in total. The average Bonchev–Trinajstić information content (AvgIpc) is 3.17. The molecule has 1 aliphatic heterocycles. The maximum Gasteiger partial charge on any atom is 0.137 e. The fourth-order valence-electron chi connectivity index (χ4n) is 3.60. The molecule has 3 aromatic rings. The van der Waals surface area contributed by atoms with Crippen LogP contribution in [0.4, 0.5) is 0 Å². The summed E-state index contributed by atoms with van der Waals surface area (Å²) in [6.45, 7) is 4.01. The van der Waals surface area contributed by atoms with Gasteiger partial charge < -0.3 is 4.57 Å². The van der Waals surface area contributed by atoms with Gasteiger partial charge in [-0.25, -0.2) is 9.97 Å². The normalized spacial score (nSPS) is 19.2. The van der Waals surface area contributed by atoms with Gasteiger partial charge in [0.05, 0.1) is 17.6 Å². The molecule has 0 N–H and O–H groups in total. The number of imidazole rings is 1. The van der Waals surface area contributed by atoms with E-state index < -0.39 is 0 Å². The predicted molar refractivity (Wildman–Crippen MR) is 93.7 cm³/mol. The number of nitrogens with zero attached hydrogens (tertiary/aromatic N) is 6. The zero-order valence-electron chi connectivity index (χ0n) is 13.8. The molecule has 0 spiro atoms. The van der Waals surface area contributed by atoms with E-state index in [0.29, 0.717) is 5.92 Å². The van der Waals surface area contributed by atoms with Crippen molar-refractivity contribution in [3.8, 4) is 0 Å². The molecule has 1 saturated heterocycles. The first kappa shape index (κ1) is 15.6. The highest BCUT2D eigenvalue weighted by Gasteiger charge is 2.22. The van der Waals surface area contributed by atoms with Gasteiger partial charge in [-0.05, 0) is 43.5 Å². The summed E-state index contributed by atoms with van der Waals surface area (Å²) < 4.78 is 4.11. The van der Waals surface area contributed by atoms with Crippen LogP contribution in [0.5, 0.6) is 0 Å².